The van der Waals surface area contributed by atoms with Crippen LogP contribution in [0.2, 0.25) is 5.02 Å². The standard InChI is InChI=1S/C29H34ClN3O4S/c1-5-18-31-29(35)23(4)32(19-24-9-7-6-8-22(24)3)28(34)20-33(26-14-10-21(2)11-15-26)38(36,37)27-16-12-25(30)13-17-27/h6-17,23H,5,18-20H2,1-4H3,(H,31,35)/t23-/m1/s1. The van der Waals surface area contributed by atoms with Crippen LogP contribution in [0.5, 0.6) is 0 Å². The second-order valence-corrected chi connectivity index (χ2v) is 11.5. The van der Waals surface area contributed by atoms with Gasteiger partial charge in [0.25, 0.3) is 10.0 Å². The molecule has 0 aromatic heterocycles. The number of hydrogen-bond donors (Lipinski definition) is 1. The second-order valence-electron chi connectivity index (χ2n) is 9.22. The molecule has 0 fully saturated rings. The van der Waals surface area contributed by atoms with E-state index in [9.17, 15) is 18.0 Å². The van der Waals surface area contributed by atoms with Crippen molar-refractivity contribution in [2.75, 3.05) is 17.4 Å². The molecular formula is C29H34ClN3O4S. The van der Waals surface area contributed by atoms with E-state index in [0.717, 1.165) is 27.4 Å². The Morgan fingerprint density at radius 3 is 2.18 bits per heavy atom. The summed E-state index contributed by atoms with van der Waals surface area (Å²) in [6.07, 6.45) is 0.755. The number of hydrogen-bond acceptors (Lipinski definition) is 4. The Balaban J connectivity index is 2.02. The molecule has 38 heavy (non-hydrogen) atoms. The topological polar surface area (TPSA) is 86.8 Å². The van der Waals surface area contributed by atoms with Crippen molar-refractivity contribution in [2.24, 2.45) is 0 Å². The molecule has 7 nitrogen and oxygen atoms in total. The minimum atomic E-state index is -4.13. The fourth-order valence-electron chi connectivity index (χ4n) is 3.92. The fourth-order valence-corrected chi connectivity index (χ4v) is 5.46. The van der Waals surface area contributed by atoms with Crippen LogP contribution in [0.3, 0.4) is 0 Å². The summed E-state index contributed by atoms with van der Waals surface area (Å²) in [6, 6.07) is 19.5. The van der Waals surface area contributed by atoms with E-state index in [1.807, 2.05) is 45.0 Å². The van der Waals surface area contributed by atoms with Crippen molar-refractivity contribution in [2.45, 2.75) is 51.6 Å². The highest BCUT2D eigenvalue weighted by Crippen LogP contribution is 2.26. The van der Waals surface area contributed by atoms with Gasteiger partial charge < -0.3 is 10.2 Å². The van der Waals surface area contributed by atoms with Crippen LogP contribution < -0.4 is 9.62 Å². The molecule has 0 heterocycles. The molecular weight excluding hydrogens is 522 g/mol. The predicted molar refractivity (Wildman–Crippen MR) is 152 cm³/mol. The van der Waals surface area contributed by atoms with Crippen LogP contribution in [0.1, 0.15) is 37.0 Å². The number of rotatable bonds is 11. The Labute approximate surface area is 230 Å². The van der Waals surface area contributed by atoms with E-state index < -0.39 is 28.5 Å². The summed E-state index contributed by atoms with van der Waals surface area (Å²) < 4.78 is 28.6. The minimum absolute atomic E-state index is 0.00876. The number of benzene rings is 3. The maximum absolute atomic E-state index is 13.9. The van der Waals surface area contributed by atoms with Gasteiger partial charge in [-0.05, 0) is 74.7 Å². The number of carbonyl (C=O) groups excluding carboxylic acids is 2. The highest BCUT2D eigenvalue weighted by atomic mass is 35.5. The number of carbonyl (C=O) groups is 2. The fraction of sp³-hybridized carbons (Fsp3) is 0.310. The molecule has 1 N–H and O–H groups in total. The lowest BCUT2D eigenvalue weighted by Crippen LogP contribution is -2.51. The highest BCUT2D eigenvalue weighted by Gasteiger charge is 2.32. The molecule has 0 unspecified atom stereocenters. The molecule has 3 rings (SSSR count). The Morgan fingerprint density at radius 1 is 0.947 bits per heavy atom. The molecule has 0 aliphatic carbocycles. The van der Waals surface area contributed by atoms with Gasteiger partial charge in [-0.25, -0.2) is 8.42 Å². The number of nitrogens with zero attached hydrogens (tertiary/aromatic N) is 2. The van der Waals surface area contributed by atoms with Gasteiger partial charge in [-0.15, -0.1) is 0 Å². The third-order valence-corrected chi connectivity index (χ3v) is 8.36. The van der Waals surface area contributed by atoms with Gasteiger partial charge in [-0.2, -0.15) is 0 Å². The SMILES string of the molecule is CCCNC(=O)[C@@H](C)N(Cc1ccccc1C)C(=O)CN(c1ccc(C)cc1)S(=O)(=O)c1ccc(Cl)cc1. The maximum Gasteiger partial charge on any atom is 0.264 e. The molecule has 0 bridgehead atoms. The highest BCUT2D eigenvalue weighted by molar-refractivity contribution is 7.92. The van der Waals surface area contributed by atoms with Gasteiger partial charge >= 0.3 is 0 Å². The van der Waals surface area contributed by atoms with Crippen molar-refractivity contribution in [3.8, 4) is 0 Å². The van der Waals surface area contributed by atoms with Crippen molar-refractivity contribution in [3.05, 3.63) is 94.5 Å². The van der Waals surface area contributed by atoms with E-state index in [4.69, 9.17) is 11.6 Å². The lowest BCUT2D eigenvalue weighted by atomic mass is 10.1. The van der Waals surface area contributed by atoms with Gasteiger partial charge in [0, 0.05) is 18.1 Å². The van der Waals surface area contributed by atoms with E-state index in [-0.39, 0.29) is 17.3 Å². The number of amides is 2. The lowest BCUT2D eigenvalue weighted by molar-refractivity contribution is -0.139. The van der Waals surface area contributed by atoms with E-state index in [1.54, 1.807) is 31.2 Å². The molecule has 0 aliphatic heterocycles. The first-order valence-corrected chi connectivity index (χ1v) is 14.3. The van der Waals surface area contributed by atoms with Gasteiger partial charge in [-0.3, -0.25) is 13.9 Å². The Kier molecular flexibility index (Phi) is 9.94. The summed E-state index contributed by atoms with van der Waals surface area (Å²) in [5.41, 5.74) is 3.14. The molecule has 0 spiro atoms. The number of aryl methyl sites for hydroxylation is 2. The predicted octanol–water partition coefficient (Wildman–Crippen LogP) is 5.10. The molecule has 0 saturated carbocycles. The lowest BCUT2D eigenvalue weighted by Gasteiger charge is -2.32. The summed E-state index contributed by atoms with van der Waals surface area (Å²) >= 11 is 5.98. The van der Waals surface area contributed by atoms with Crippen LogP contribution >= 0.6 is 11.6 Å². The van der Waals surface area contributed by atoms with E-state index in [1.165, 1.54) is 29.2 Å². The minimum Gasteiger partial charge on any atom is -0.354 e. The summed E-state index contributed by atoms with van der Waals surface area (Å²) in [6.45, 7) is 7.60. The van der Waals surface area contributed by atoms with Gasteiger partial charge in [0.15, 0.2) is 0 Å². The monoisotopic (exact) mass is 555 g/mol. The van der Waals surface area contributed by atoms with Crippen molar-refractivity contribution in [3.63, 3.8) is 0 Å². The molecule has 9 heteroatoms. The third-order valence-electron chi connectivity index (χ3n) is 6.32. The molecule has 2 amide bonds. The first-order chi connectivity index (χ1) is 18.0. The number of sulfonamides is 1. The quantitative estimate of drug-likeness (QED) is 0.357. The smallest absolute Gasteiger partial charge is 0.264 e. The zero-order chi connectivity index (χ0) is 27.9. The second kappa shape index (κ2) is 12.9. The molecule has 3 aromatic carbocycles. The van der Waals surface area contributed by atoms with Gasteiger partial charge in [0.2, 0.25) is 11.8 Å². The zero-order valence-electron chi connectivity index (χ0n) is 22.1. The Hall–Kier alpha value is -3.36. The van der Waals surface area contributed by atoms with Crippen molar-refractivity contribution in [1.82, 2.24) is 10.2 Å². The van der Waals surface area contributed by atoms with E-state index >= 15 is 0 Å². The molecule has 0 radical (unpaired) electrons. The third kappa shape index (κ3) is 7.14. The first-order valence-electron chi connectivity index (χ1n) is 12.5. The normalized spacial score (nSPS) is 12.0. The molecule has 3 aromatic rings. The van der Waals surface area contributed by atoms with Gasteiger partial charge in [-0.1, -0.05) is 60.5 Å². The average molecular weight is 556 g/mol. The largest absolute Gasteiger partial charge is 0.354 e. The van der Waals surface area contributed by atoms with Crippen molar-refractivity contribution in [1.29, 1.82) is 0 Å². The first kappa shape index (κ1) is 29.2. The van der Waals surface area contributed by atoms with Crippen LogP contribution in [0, 0.1) is 13.8 Å². The van der Waals surface area contributed by atoms with Crippen molar-refractivity contribution >= 4 is 39.1 Å². The summed E-state index contributed by atoms with van der Waals surface area (Å²) in [5, 5.41) is 3.24. The Bertz CT molecular complexity index is 1360. The molecule has 0 aliphatic rings. The number of halogens is 1. The number of nitrogens with one attached hydrogen (secondary N) is 1. The van der Waals surface area contributed by atoms with Crippen LogP contribution in [-0.4, -0.2) is 44.3 Å². The molecule has 1 atom stereocenters. The van der Waals surface area contributed by atoms with Crippen LogP contribution in [0.4, 0.5) is 5.69 Å². The molecule has 202 valence electrons. The zero-order valence-corrected chi connectivity index (χ0v) is 23.7. The Morgan fingerprint density at radius 2 is 1.58 bits per heavy atom. The van der Waals surface area contributed by atoms with Crippen molar-refractivity contribution < 1.29 is 18.0 Å². The van der Waals surface area contributed by atoms with Crippen LogP contribution in [0.15, 0.2) is 77.7 Å². The van der Waals surface area contributed by atoms with E-state index in [0.29, 0.717) is 17.3 Å². The number of anilines is 1. The van der Waals surface area contributed by atoms with Crippen LogP contribution in [0.25, 0.3) is 0 Å². The average Bonchev–Trinajstić information content (AvgIpc) is 2.90. The summed E-state index contributed by atoms with van der Waals surface area (Å²) in [4.78, 5) is 28.2. The van der Waals surface area contributed by atoms with Crippen LogP contribution in [-0.2, 0) is 26.2 Å². The van der Waals surface area contributed by atoms with E-state index in [2.05, 4.69) is 5.32 Å². The van der Waals surface area contributed by atoms with Gasteiger partial charge in [0.05, 0.1) is 10.6 Å². The maximum atomic E-state index is 13.9. The summed E-state index contributed by atoms with van der Waals surface area (Å²) in [7, 11) is -4.13. The summed E-state index contributed by atoms with van der Waals surface area (Å²) in [5.74, 6) is -0.790. The van der Waals surface area contributed by atoms with Gasteiger partial charge in [0.1, 0.15) is 12.6 Å². The molecule has 0 saturated heterocycles.